The number of halogens is 4. The van der Waals surface area contributed by atoms with E-state index in [0.717, 1.165) is 11.1 Å². The monoisotopic (exact) mass is 865 g/mol. The van der Waals surface area contributed by atoms with Crippen LogP contribution in [0.25, 0.3) is 22.6 Å². The highest BCUT2D eigenvalue weighted by atomic mass is 35.5. The van der Waals surface area contributed by atoms with E-state index < -0.39 is 47.9 Å². The van der Waals surface area contributed by atoms with E-state index in [1.165, 1.54) is 40.5 Å². The Labute approximate surface area is 359 Å². The number of aromatic nitrogens is 3. The molecule has 6 aromatic rings. The van der Waals surface area contributed by atoms with E-state index in [2.05, 4.69) is 15.0 Å². The van der Waals surface area contributed by atoms with E-state index >= 15 is 0 Å². The zero-order valence-corrected chi connectivity index (χ0v) is 33.8. The topological polar surface area (TPSA) is 154 Å². The van der Waals surface area contributed by atoms with Crippen LogP contribution in [0.2, 0.25) is 15.1 Å². The van der Waals surface area contributed by atoms with Crippen molar-refractivity contribution in [3.05, 3.63) is 171 Å². The minimum Gasteiger partial charge on any atom is -0.480 e. The Hall–Kier alpha value is -6.21. The Kier molecular flexibility index (Phi) is 12.8. The predicted octanol–water partition coefficient (Wildman–Crippen LogP) is 9.85. The highest BCUT2D eigenvalue weighted by molar-refractivity contribution is 6.33. The average molecular weight is 867 g/mol. The molecule has 2 fully saturated rings. The van der Waals surface area contributed by atoms with Gasteiger partial charge in [0, 0.05) is 39.8 Å². The summed E-state index contributed by atoms with van der Waals surface area (Å²) in [4.78, 5) is 65.8. The van der Waals surface area contributed by atoms with Gasteiger partial charge in [0.25, 0.3) is 11.8 Å². The highest BCUT2D eigenvalue weighted by Gasteiger charge is 2.44. The first kappa shape index (κ1) is 41.9. The van der Waals surface area contributed by atoms with Crippen LogP contribution in [0.1, 0.15) is 69.6 Å². The largest absolute Gasteiger partial charge is 0.480 e. The van der Waals surface area contributed by atoms with Crippen LogP contribution < -0.4 is 0 Å². The molecule has 2 aliphatic rings. The molecule has 0 aliphatic carbocycles. The number of amides is 2. The fraction of sp³-hybridized carbons (Fsp3) is 0.178. The normalized spacial score (nSPS) is 18.4. The molecule has 0 radical (unpaired) electrons. The quantitative estimate of drug-likeness (QED) is 0.152. The molecule has 0 unspecified atom stereocenters. The van der Waals surface area contributed by atoms with E-state index in [4.69, 9.17) is 34.8 Å². The van der Waals surface area contributed by atoms with Crippen molar-refractivity contribution in [2.45, 2.75) is 49.9 Å². The summed E-state index contributed by atoms with van der Waals surface area (Å²) >= 11 is 18.8. The van der Waals surface area contributed by atoms with Crippen LogP contribution >= 0.6 is 34.8 Å². The lowest BCUT2D eigenvalue weighted by Gasteiger charge is -2.29. The zero-order chi connectivity index (χ0) is 42.5. The molecule has 11 nitrogen and oxygen atoms in total. The smallest absolute Gasteiger partial charge is 0.326 e. The van der Waals surface area contributed by atoms with Crippen LogP contribution in [-0.4, -0.2) is 70.8 Å². The molecule has 4 aromatic carbocycles. The summed E-state index contributed by atoms with van der Waals surface area (Å²) in [5.41, 5.74) is 3.90. The number of carboxylic acid groups (broad SMARTS) is 2. The number of rotatable bonds is 8. The summed E-state index contributed by atoms with van der Waals surface area (Å²) in [7, 11) is 0. The van der Waals surface area contributed by atoms with Crippen molar-refractivity contribution < 1.29 is 33.8 Å². The summed E-state index contributed by atoms with van der Waals surface area (Å²) in [5.74, 6) is -2.92. The first-order valence-corrected chi connectivity index (χ1v) is 19.9. The van der Waals surface area contributed by atoms with Gasteiger partial charge in [-0.05, 0) is 97.5 Å². The first-order chi connectivity index (χ1) is 28.9. The molecule has 0 saturated carbocycles. The van der Waals surface area contributed by atoms with Gasteiger partial charge in [0.1, 0.15) is 17.9 Å². The van der Waals surface area contributed by atoms with Gasteiger partial charge in [-0.25, -0.2) is 23.9 Å². The molecule has 0 bridgehead atoms. The molecule has 0 spiro atoms. The van der Waals surface area contributed by atoms with E-state index in [9.17, 15) is 33.8 Å². The first-order valence-electron chi connectivity index (χ1n) is 18.8. The number of carbonyl (C=O) groups excluding carboxylic acids is 2. The van der Waals surface area contributed by atoms with Gasteiger partial charge in [-0.3, -0.25) is 14.6 Å². The molecule has 15 heteroatoms. The zero-order valence-electron chi connectivity index (χ0n) is 31.5. The summed E-state index contributed by atoms with van der Waals surface area (Å²) in [6.07, 6.45) is 5.91. The Morgan fingerprint density at radius 2 is 1.02 bits per heavy atom. The molecular formula is C45H35Cl3FN5O6. The molecule has 2 N–H and O–H groups in total. The van der Waals surface area contributed by atoms with Gasteiger partial charge in [0.2, 0.25) is 0 Å². The Morgan fingerprint density at radius 1 is 0.550 bits per heavy atom. The Balaban J connectivity index is 0.000000181. The third kappa shape index (κ3) is 8.86. The fourth-order valence-corrected chi connectivity index (χ4v) is 8.35. The molecule has 304 valence electrons. The lowest BCUT2D eigenvalue weighted by molar-refractivity contribution is -0.142. The molecule has 2 saturated heterocycles. The van der Waals surface area contributed by atoms with Crippen LogP contribution in [0, 0.1) is 5.82 Å². The van der Waals surface area contributed by atoms with Gasteiger partial charge in [-0.15, -0.1) is 0 Å². The maximum absolute atomic E-state index is 13.3. The van der Waals surface area contributed by atoms with Crippen LogP contribution in [0.3, 0.4) is 0 Å². The lowest BCUT2D eigenvalue weighted by atomic mass is 10.0. The number of hydrogen-bond donors (Lipinski definition) is 2. The third-order valence-electron chi connectivity index (χ3n) is 10.5. The molecular weight excluding hydrogens is 832 g/mol. The Morgan fingerprint density at radius 3 is 1.48 bits per heavy atom. The predicted molar refractivity (Wildman–Crippen MR) is 224 cm³/mol. The second-order valence-corrected chi connectivity index (χ2v) is 15.3. The van der Waals surface area contributed by atoms with Gasteiger partial charge < -0.3 is 20.0 Å². The summed E-state index contributed by atoms with van der Waals surface area (Å²) < 4.78 is 13.1. The van der Waals surface area contributed by atoms with Crippen molar-refractivity contribution in [1.82, 2.24) is 24.8 Å². The minimum absolute atomic E-state index is 0.205. The van der Waals surface area contributed by atoms with Gasteiger partial charge in [0.15, 0.2) is 5.82 Å². The second kappa shape index (κ2) is 18.4. The lowest BCUT2D eigenvalue weighted by Crippen LogP contribution is -2.42. The highest BCUT2D eigenvalue weighted by Crippen LogP contribution is 2.41. The van der Waals surface area contributed by atoms with Crippen molar-refractivity contribution in [3.8, 4) is 22.6 Å². The number of carboxylic acids is 2. The van der Waals surface area contributed by atoms with Crippen molar-refractivity contribution in [2.75, 3.05) is 0 Å². The van der Waals surface area contributed by atoms with E-state index in [1.54, 1.807) is 66.7 Å². The number of aliphatic carboxylic acids is 2. The maximum Gasteiger partial charge on any atom is 0.326 e. The minimum atomic E-state index is -1.05. The average Bonchev–Trinajstić information content (AvgIpc) is 3.91. The van der Waals surface area contributed by atoms with Crippen LogP contribution in [0.5, 0.6) is 0 Å². The van der Waals surface area contributed by atoms with Gasteiger partial charge in [-0.1, -0.05) is 83.3 Å². The van der Waals surface area contributed by atoms with Crippen molar-refractivity contribution in [1.29, 1.82) is 0 Å². The number of hydrogen-bond acceptors (Lipinski definition) is 7. The maximum atomic E-state index is 13.3. The van der Waals surface area contributed by atoms with Gasteiger partial charge in [0.05, 0.1) is 33.9 Å². The molecule has 2 amide bonds. The number of pyridine rings is 1. The van der Waals surface area contributed by atoms with Crippen molar-refractivity contribution in [2.24, 2.45) is 0 Å². The number of carbonyl (C=O) groups is 4. The summed E-state index contributed by atoms with van der Waals surface area (Å²) in [5, 5.41) is 20.8. The standard InChI is InChI=1S/C23H18ClFN2O3.C22H17Cl2N3O3/c24-18-4-2-1-3-17(18)20-11-12-21(23(29)30)27(20)22(28)15-7-10-19(26-13-15)14-5-8-16(25)9-6-14;23-16-7-3-1-5-14(16)18-9-10-19(22(29)30)27(18)21(28)13-11-25-20(26-12-13)15-6-2-4-8-17(15)24/h1-10,13,20-21H,11-12H2,(H,29,30);1-8,11-12,18-19H,9-10H2,(H,29,30)/t20-,21+;18-,19+/m11/s1. The van der Waals surface area contributed by atoms with Crippen molar-refractivity contribution in [3.63, 3.8) is 0 Å². The van der Waals surface area contributed by atoms with Gasteiger partial charge in [-0.2, -0.15) is 0 Å². The number of likely N-dealkylation sites (tertiary alicyclic amines) is 2. The van der Waals surface area contributed by atoms with Crippen LogP contribution in [0.4, 0.5) is 4.39 Å². The van der Waals surface area contributed by atoms with E-state index in [-0.39, 0.29) is 16.9 Å². The van der Waals surface area contributed by atoms with Crippen molar-refractivity contribution >= 4 is 58.6 Å². The number of benzene rings is 4. The van der Waals surface area contributed by atoms with Gasteiger partial charge >= 0.3 is 11.9 Å². The molecule has 8 rings (SSSR count). The molecule has 2 aliphatic heterocycles. The second-order valence-electron chi connectivity index (χ2n) is 14.1. The van der Waals surface area contributed by atoms with E-state index in [0.29, 0.717) is 63.4 Å². The number of nitrogens with zero attached hydrogens (tertiary/aromatic N) is 5. The van der Waals surface area contributed by atoms with E-state index in [1.807, 2.05) is 30.3 Å². The fourth-order valence-electron chi connectivity index (χ4n) is 7.60. The molecule has 60 heavy (non-hydrogen) atoms. The SMILES string of the molecule is O=C(O)[C@@H]1CC[C@H](c2ccccc2Cl)N1C(=O)c1ccc(-c2ccc(F)cc2)nc1.O=C(O)[C@@H]1CC[C@H](c2ccccc2Cl)N1C(=O)c1cnc(-c2ccccc2Cl)nc1. The molecule has 2 aromatic heterocycles. The molecule has 4 atom stereocenters. The molecule has 4 heterocycles. The third-order valence-corrected chi connectivity index (χ3v) is 11.5. The van der Waals surface area contributed by atoms with Crippen LogP contribution in [-0.2, 0) is 9.59 Å². The summed E-state index contributed by atoms with van der Waals surface area (Å²) in [6, 6.07) is 27.9. The van der Waals surface area contributed by atoms with Crippen LogP contribution in [0.15, 0.2) is 128 Å². The Bertz CT molecular complexity index is 2550. The summed E-state index contributed by atoms with van der Waals surface area (Å²) in [6.45, 7) is 0.